The van der Waals surface area contributed by atoms with Crippen molar-refractivity contribution in [1.29, 1.82) is 0 Å². The van der Waals surface area contributed by atoms with Gasteiger partial charge in [0.25, 0.3) is 0 Å². The van der Waals surface area contributed by atoms with E-state index in [4.69, 9.17) is 23.2 Å². The molecule has 0 aliphatic rings. The molecule has 1 rings (SSSR count). The minimum Gasteiger partial charge on any atom is -0.236 e. The molecule has 0 fully saturated rings. The van der Waals surface area contributed by atoms with E-state index in [-0.39, 0.29) is 6.61 Å². The average Bonchev–Trinajstić information content (AvgIpc) is 2.03. The summed E-state index contributed by atoms with van der Waals surface area (Å²) in [4.78, 5) is 0. The van der Waals surface area contributed by atoms with E-state index < -0.39 is 0 Å². The van der Waals surface area contributed by atoms with E-state index in [0.717, 1.165) is 5.56 Å². The quantitative estimate of drug-likeness (QED) is 0.731. The van der Waals surface area contributed by atoms with Gasteiger partial charge in [-0.15, -0.1) is 0 Å². The van der Waals surface area contributed by atoms with Gasteiger partial charge in [0.2, 0.25) is 0 Å². The highest BCUT2D eigenvalue weighted by atomic mass is 35.5. The zero-order valence-corrected chi connectivity index (χ0v) is 8.48. The molecule has 0 saturated carbocycles. The van der Waals surface area contributed by atoms with Crippen LogP contribution in [-0.4, -0.2) is 6.61 Å². The standard InChI is InChI=1S/C10H9Cl2O/c11-9-5-8(3-1-2-4-13)6-10(12)7-9/h1,3,5-7H,2,4H2/b3-1+. The van der Waals surface area contributed by atoms with E-state index in [1.165, 1.54) is 0 Å². The SMILES string of the molecule is [O]CC/C=C/c1cc(Cl)cc(Cl)c1. The van der Waals surface area contributed by atoms with Gasteiger partial charge in [0.1, 0.15) is 0 Å². The molecule has 13 heavy (non-hydrogen) atoms. The number of hydrogen-bond donors (Lipinski definition) is 0. The van der Waals surface area contributed by atoms with Crippen molar-refractivity contribution in [2.75, 3.05) is 6.61 Å². The topological polar surface area (TPSA) is 19.9 Å². The fourth-order valence-electron chi connectivity index (χ4n) is 0.959. The van der Waals surface area contributed by atoms with E-state index in [0.29, 0.717) is 16.5 Å². The van der Waals surface area contributed by atoms with E-state index >= 15 is 0 Å². The van der Waals surface area contributed by atoms with Gasteiger partial charge in [-0.25, -0.2) is 5.11 Å². The van der Waals surface area contributed by atoms with Crippen LogP contribution in [0, 0.1) is 0 Å². The maximum absolute atomic E-state index is 10.2. The lowest BCUT2D eigenvalue weighted by Crippen LogP contribution is -1.76. The van der Waals surface area contributed by atoms with Gasteiger partial charge in [-0.1, -0.05) is 35.4 Å². The van der Waals surface area contributed by atoms with Crippen molar-refractivity contribution < 1.29 is 5.11 Å². The second kappa shape index (κ2) is 5.28. The Morgan fingerprint density at radius 1 is 1.15 bits per heavy atom. The Kier molecular flexibility index (Phi) is 4.29. The Hall–Kier alpha value is -0.500. The van der Waals surface area contributed by atoms with Crippen LogP contribution in [0.1, 0.15) is 12.0 Å². The first-order chi connectivity index (χ1) is 6.22. The van der Waals surface area contributed by atoms with Crippen molar-refractivity contribution in [3.05, 3.63) is 39.9 Å². The van der Waals surface area contributed by atoms with Crippen molar-refractivity contribution in [2.45, 2.75) is 6.42 Å². The highest BCUT2D eigenvalue weighted by Gasteiger charge is 1.93. The van der Waals surface area contributed by atoms with Crippen molar-refractivity contribution in [1.82, 2.24) is 0 Å². The summed E-state index contributed by atoms with van der Waals surface area (Å²) in [6.07, 6.45) is 4.19. The van der Waals surface area contributed by atoms with Gasteiger partial charge in [0.15, 0.2) is 0 Å². The zero-order valence-electron chi connectivity index (χ0n) is 6.97. The molecule has 0 aliphatic heterocycles. The van der Waals surface area contributed by atoms with Crippen LogP contribution >= 0.6 is 23.2 Å². The van der Waals surface area contributed by atoms with Gasteiger partial charge in [0.05, 0.1) is 6.61 Å². The Bertz CT molecular complexity index is 288. The van der Waals surface area contributed by atoms with E-state index in [1.807, 2.05) is 12.2 Å². The minimum atomic E-state index is -0.0925. The first-order valence-corrected chi connectivity index (χ1v) is 4.68. The van der Waals surface area contributed by atoms with Crippen molar-refractivity contribution in [3.63, 3.8) is 0 Å². The smallest absolute Gasteiger partial charge is 0.0856 e. The lowest BCUT2D eigenvalue weighted by atomic mass is 10.2. The molecule has 1 aromatic rings. The monoisotopic (exact) mass is 215 g/mol. The molecule has 0 atom stereocenters. The molecule has 0 aliphatic carbocycles. The normalized spacial score (nSPS) is 11.0. The lowest BCUT2D eigenvalue weighted by Gasteiger charge is -1.96. The molecule has 69 valence electrons. The Labute approximate surface area is 87.6 Å². The maximum atomic E-state index is 10.2. The molecular weight excluding hydrogens is 207 g/mol. The van der Waals surface area contributed by atoms with Gasteiger partial charge >= 0.3 is 0 Å². The van der Waals surface area contributed by atoms with Crippen LogP contribution in [0.3, 0.4) is 0 Å². The van der Waals surface area contributed by atoms with Crippen LogP contribution in [0.2, 0.25) is 10.0 Å². The minimum absolute atomic E-state index is 0.0925. The van der Waals surface area contributed by atoms with Gasteiger partial charge in [-0.05, 0) is 30.2 Å². The van der Waals surface area contributed by atoms with Crippen LogP contribution in [0.15, 0.2) is 24.3 Å². The summed E-state index contributed by atoms with van der Waals surface area (Å²) in [5, 5.41) is 11.4. The second-order valence-corrected chi connectivity index (χ2v) is 3.47. The molecule has 1 radical (unpaired) electrons. The largest absolute Gasteiger partial charge is 0.236 e. The van der Waals surface area contributed by atoms with Crippen molar-refractivity contribution in [3.8, 4) is 0 Å². The number of rotatable bonds is 3. The number of halogens is 2. The third-order valence-electron chi connectivity index (χ3n) is 1.48. The van der Waals surface area contributed by atoms with E-state index in [9.17, 15) is 5.11 Å². The molecule has 1 aromatic carbocycles. The van der Waals surface area contributed by atoms with Crippen LogP contribution in [0.25, 0.3) is 6.08 Å². The van der Waals surface area contributed by atoms with Crippen LogP contribution in [-0.2, 0) is 5.11 Å². The number of hydrogen-bond acceptors (Lipinski definition) is 0. The van der Waals surface area contributed by atoms with Gasteiger partial charge in [-0.2, -0.15) is 0 Å². The lowest BCUT2D eigenvalue weighted by molar-refractivity contribution is 0.199. The highest BCUT2D eigenvalue weighted by molar-refractivity contribution is 6.34. The Morgan fingerprint density at radius 3 is 2.31 bits per heavy atom. The van der Waals surface area contributed by atoms with E-state index in [2.05, 4.69) is 0 Å². The molecule has 0 amide bonds. The van der Waals surface area contributed by atoms with Crippen LogP contribution in [0.4, 0.5) is 0 Å². The molecule has 1 nitrogen and oxygen atoms in total. The molecule has 0 bridgehead atoms. The van der Waals surface area contributed by atoms with Gasteiger partial charge < -0.3 is 0 Å². The summed E-state index contributed by atoms with van der Waals surface area (Å²) in [5.74, 6) is 0. The summed E-state index contributed by atoms with van der Waals surface area (Å²) < 4.78 is 0. The van der Waals surface area contributed by atoms with Gasteiger partial charge in [0, 0.05) is 10.0 Å². The van der Waals surface area contributed by atoms with Crippen LogP contribution in [0.5, 0.6) is 0 Å². The molecule has 0 saturated heterocycles. The predicted molar refractivity (Wildman–Crippen MR) is 55.7 cm³/mol. The summed E-state index contributed by atoms with van der Waals surface area (Å²) in [6, 6.07) is 5.28. The Balaban J connectivity index is 2.77. The highest BCUT2D eigenvalue weighted by Crippen LogP contribution is 2.19. The maximum Gasteiger partial charge on any atom is 0.0856 e. The molecule has 3 heteroatoms. The summed E-state index contributed by atoms with van der Waals surface area (Å²) in [5.41, 5.74) is 0.922. The second-order valence-electron chi connectivity index (χ2n) is 2.60. The van der Waals surface area contributed by atoms with E-state index in [1.54, 1.807) is 18.2 Å². The molecule has 0 aromatic heterocycles. The molecule has 0 heterocycles. The Morgan fingerprint density at radius 2 is 1.77 bits per heavy atom. The fourth-order valence-corrected chi connectivity index (χ4v) is 1.50. The van der Waals surface area contributed by atoms with Crippen molar-refractivity contribution in [2.24, 2.45) is 0 Å². The predicted octanol–water partition coefficient (Wildman–Crippen LogP) is 3.83. The van der Waals surface area contributed by atoms with Crippen LogP contribution < -0.4 is 0 Å². The molecule has 0 spiro atoms. The molecule has 0 N–H and O–H groups in total. The fraction of sp³-hybridized carbons (Fsp3) is 0.200. The number of benzene rings is 1. The zero-order chi connectivity index (χ0) is 9.68. The van der Waals surface area contributed by atoms with Crippen molar-refractivity contribution >= 4 is 29.3 Å². The van der Waals surface area contributed by atoms with Gasteiger partial charge in [-0.3, -0.25) is 0 Å². The molecular formula is C10H9Cl2O. The third-order valence-corrected chi connectivity index (χ3v) is 1.92. The summed E-state index contributed by atoms with van der Waals surface area (Å²) in [6.45, 7) is -0.0925. The summed E-state index contributed by atoms with van der Waals surface area (Å²) >= 11 is 11.6. The first-order valence-electron chi connectivity index (χ1n) is 3.93. The first kappa shape index (κ1) is 10.6. The molecule has 0 unspecified atom stereocenters. The average molecular weight is 216 g/mol. The third kappa shape index (κ3) is 3.81. The summed E-state index contributed by atoms with van der Waals surface area (Å²) in [7, 11) is 0.